The molecule has 0 aliphatic carbocycles. The third-order valence-corrected chi connectivity index (χ3v) is 15.4. The average Bonchev–Trinajstić information content (AvgIpc) is 4.16. The fourth-order valence-corrected chi connectivity index (χ4v) is 11.6. The molecule has 0 saturated carbocycles. The summed E-state index contributed by atoms with van der Waals surface area (Å²) >= 11 is 2.37. The summed E-state index contributed by atoms with van der Waals surface area (Å²) in [7, 11) is 3.63. The van der Waals surface area contributed by atoms with E-state index < -0.39 is 0 Å². The Bertz CT molecular complexity index is 3490. The molecular weight excluding hydrogens is 1030 g/mol. The number of aromatic nitrogens is 4. The number of rotatable bonds is 7. The van der Waals surface area contributed by atoms with Gasteiger partial charge >= 0.3 is 19.5 Å². The monoisotopic (exact) mass is 1080 g/mol. The van der Waals surface area contributed by atoms with Gasteiger partial charge in [0.1, 0.15) is 0 Å². The topological polar surface area (TPSA) is 54.0 Å². The van der Waals surface area contributed by atoms with Crippen LogP contribution in [-0.2, 0) is 19.5 Å². The number of hydrogen-bond acceptors (Lipinski definition) is 4. The van der Waals surface area contributed by atoms with Crippen LogP contribution in [0, 0.1) is 57.0 Å². The van der Waals surface area contributed by atoms with Gasteiger partial charge in [0.2, 0.25) is 0 Å². The molecule has 2 aliphatic heterocycles. The fourth-order valence-electron chi connectivity index (χ4n) is 9.57. The first-order valence-electron chi connectivity index (χ1n) is 22.5. The number of nitrogens with zero attached hydrogens (tertiary/aromatic N) is 4. The zero-order chi connectivity index (χ0) is 46.3. The smallest absolute Gasteiger partial charge is 0.657 e. The summed E-state index contributed by atoms with van der Waals surface area (Å²) in [5.74, 6) is 7.88. The first kappa shape index (κ1) is 47.4. The molecule has 0 atom stereocenters. The van der Waals surface area contributed by atoms with Gasteiger partial charge in [-0.1, -0.05) is 130 Å². The molecule has 3 aromatic heterocycles. The van der Waals surface area contributed by atoms with Crippen molar-refractivity contribution in [3.63, 3.8) is 0 Å². The van der Waals surface area contributed by atoms with Crippen LogP contribution in [0.2, 0.25) is 0 Å². The first-order valence-corrected chi connectivity index (χ1v) is 25.9. The minimum absolute atomic E-state index is 0. The molecule has 0 N–H and O–H groups in total. The van der Waals surface area contributed by atoms with Crippen molar-refractivity contribution in [2.45, 2.75) is 53.4 Å². The molecule has 10 rings (SSSR count). The standard InChI is InChI=1S/C60H47IN4S2.Zn/c1-8-66-67-46-11-9-10-42(34-46)13-12-41-14-16-43(17-15-41)57-47-22-26-51(62-47)59(55-37(4)30-35(2)31-38(55)5)53-28-24-49(64-53)58(44-18-20-45(61)21-19-44)50-25-29-54(65-50)60(52-27-23-48(57)63-52)56-39(6)32-36(3)33-40(56)7;/h9-11,14-34H,8H2,1-7H3;/q-2;+2. The van der Waals surface area contributed by atoms with Gasteiger partial charge in [0.05, 0.1) is 22.8 Å². The molecule has 0 saturated heterocycles. The summed E-state index contributed by atoms with van der Waals surface area (Å²) in [4.78, 5) is 23.4. The fraction of sp³-hybridized carbons (Fsp3) is 0.133. The average molecular weight is 1080 g/mol. The summed E-state index contributed by atoms with van der Waals surface area (Å²) in [5.41, 5.74) is 24.2. The molecule has 8 heteroatoms. The van der Waals surface area contributed by atoms with E-state index >= 15 is 0 Å². The number of benzene rings is 5. The van der Waals surface area contributed by atoms with E-state index in [0.717, 1.165) is 106 Å². The third kappa shape index (κ3) is 9.52. The van der Waals surface area contributed by atoms with Crippen LogP contribution in [-0.4, -0.2) is 15.7 Å². The molecule has 4 nitrogen and oxygen atoms in total. The van der Waals surface area contributed by atoms with Crippen LogP contribution in [0.3, 0.4) is 0 Å². The second-order valence-electron chi connectivity index (χ2n) is 17.3. The van der Waals surface area contributed by atoms with Crippen LogP contribution in [0.1, 0.15) is 74.2 Å². The van der Waals surface area contributed by atoms with Crippen LogP contribution in [0.15, 0.2) is 126 Å². The second kappa shape index (κ2) is 20.1. The van der Waals surface area contributed by atoms with Gasteiger partial charge in [0.15, 0.2) is 0 Å². The first-order chi connectivity index (χ1) is 32.5. The molecular formula is C60H47IN4S2Zn. The van der Waals surface area contributed by atoms with Gasteiger partial charge in [-0.3, -0.25) is 0 Å². The molecule has 68 heavy (non-hydrogen) atoms. The minimum Gasteiger partial charge on any atom is -0.657 e. The van der Waals surface area contributed by atoms with Gasteiger partial charge < -0.3 is 9.97 Å². The molecule has 0 unspecified atom stereocenters. The zero-order valence-electron chi connectivity index (χ0n) is 39.3. The Morgan fingerprint density at radius 2 is 0.882 bits per heavy atom. The summed E-state index contributed by atoms with van der Waals surface area (Å²) in [5, 5.41) is 0. The maximum atomic E-state index is 5.56. The number of halogens is 1. The van der Waals surface area contributed by atoms with Crippen molar-refractivity contribution in [2.75, 3.05) is 5.75 Å². The maximum Gasteiger partial charge on any atom is 2.00 e. The van der Waals surface area contributed by atoms with Crippen LogP contribution in [0.5, 0.6) is 0 Å². The van der Waals surface area contributed by atoms with Crippen molar-refractivity contribution in [1.82, 2.24) is 19.9 Å². The molecule has 0 fully saturated rings. The van der Waals surface area contributed by atoms with Crippen LogP contribution in [0.4, 0.5) is 0 Å². The molecule has 328 valence electrons. The van der Waals surface area contributed by atoms with Crippen molar-refractivity contribution < 1.29 is 19.5 Å². The summed E-state index contributed by atoms with van der Waals surface area (Å²) in [6, 6.07) is 43.2. The molecule has 5 aromatic carbocycles. The molecule has 0 amide bonds. The van der Waals surface area contributed by atoms with Gasteiger partial charge in [0.25, 0.3) is 0 Å². The Labute approximate surface area is 434 Å². The molecule has 0 radical (unpaired) electrons. The Balaban J connectivity index is 0.00000578. The zero-order valence-corrected chi connectivity index (χ0v) is 46.0. The van der Waals surface area contributed by atoms with Gasteiger partial charge in [-0.15, -0.1) is 22.1 Å². The van der Waals surface area contributed by atoms with E-state index in [4.69, 9.17) is 19.9 Å². The molecule has 8 aromatic rings. The summed E-state index contributed by atoms with van der Waals surface area (Å²) < 4.78 is 1.17. The quantitative estimate of drug-likeness (QED) is 0.0686. The third-order valence-electron chi connectivity index (χ3n) is 12.2. The second-order valence-corrected chi connectivity index (χ2v) is 21.2. The van der Waals surface area contributed by atoms with Gasteiger partial charge in [0, 0.05) is 25.3 Å². The van der Waals surface area contributed by atoms with Crippen molar-refractivity contribution in [3.8, 4) is 56.3 Å². The normalized spacial score (nSPS) is 11.6. The SMILES string of the molecule is CCSSc1cccc(C#Cc2ccc(-c3c4nc(c(-c5c(C)cc(C)cc5C)c5ccc([n-]5)c(-c5ccc(I)cc5)c5nc(c(-c6c(C)cc(C)cc6C)c6ccc3[n-]6)C=C5)C=C4)cc2)c1.[Zn+2]. The Kier molecular flexibility index (Phi) is 14.0. The van der Waals surface area contributed by atoms with Crippen molar-refractivity contribution in [1.29, 1.82) is 0 Å². The van der Waals surface area contributed by atoms with E-state index in [0.29, 0.717) is 0 Å². The molecule has 2 aliphatic rings. The van der Waals surface area contributed by atoms with Gasteiger partial charge in [-0.2, -0.15) is 0 Å². The van der Waals surface area contributed by atoms with Crippen molar-refractivity contribution >= 4 is 90.5 Å². The van der Waals surface area contributed by atoms with Gasteiger partial charge in [-0.05, 0) is 198 Å². The summed E-state index contributed by atoms with van der Waals surface area (Å²) in [6.07, 6.45) is 8.58. The Morgan fingerprint density at radius 1 is 0.471 bits per heavy atom. The Morgan fingerprint density at radius 3 is 1.34 bits per heavy atom. The number of fused-ring (bicyclic) bond motifs is 8. The predicted molar refractivity (Wildman–Crippen MR) is 296 cm³/mol. The number of aryl methyl sites for hydroxylation is 6. The predicted octanol–water partition coefficient (Wildman–Crippen LogP) is 16.2. The maximum absolute atomic E-state index is 5.56. The molecule has 5 heterocycles. The van der Waals surface area contributed by atoms with Crippen molar-refractivity contribution in [3.05, 3.63) is 192 Å². The van der Waals surface area contributed by atoms with Crippen molar-refractivity contribution in [2.24, 2.45) is 0 Å². The van der Waals surface area contributed by atoms with E-state index in [9.17, 15) is 0 Å². The largest absolute Gasteiger partial charge is 2.00 e. The van der Waals surface area contributed by atoms with E-state index in [2.05, 4.69) is 229 Å². The summed E-state index contributed by atoms with van der Waals surface area (Å²) in [6.45, 7) is 15.3. The Hall–Kier alpha value is -5.69. The van der Waals surface area contributed by atoms with Crippen LogP contribution >= 0.6 is 44.2 Å². The molecule has 8 bridgehead atoms. The minimum atomic E-state index is 0. The van der Waals surface area contributed by atoms with Gasteiger partial charge in [-0.25, -0.2) is 9.97 Å². The van der Waals surface area contributed by atoms with E-state index in [1.54, 1.807) is 10.8 Å². The van der Waals surface area contributed by atoms with E-state index in [-0.39, 0.29) is 19.5 Å². The van der Waals surface area contributed by atoms with Crippen LogP contribution in [0.25, 0.3) is 90.9 Å². The van der Waals surface area contributed by atoms with E-state index in [1.807, 2.05) is 10.8 Å². The van der Waals surface area contributed by atoms with E-state index in [1.165, 1.54) is 41.8 Å². The number of hydrogen-bond donors (Lipinski definition) is 0. The molecule has 0 spiro atoms. The van der Waals surface area contributed by atoms with Crippen LogP contribution < -0.4 is 9.97 Å².